The summed E-state index contributed by atoms with van der Waals surface area (Å²) in [5, 5.41) is 5.64. The molecule has 260 valence electrons. The molecule has 4 heterocycles. The highest BCUT2D eigenvalue weighted by atomic mass is 19.4. The van der Waals surface area contributed by atoms with E-state index in [1.807, 2.05) is 51.9 Å². The maximum Gasteiger partial charge on any atom is 0.433 e. The summed E-state index contributed by atoms with van der Waals surface area (Å²) in [6, 6.07) is 7.50. The van der Waals surface area contributed by atoms with E-state index in [9.17, 15) is 22.8 Å². The molecule has 6 rings (SSSR count). The lowest BCUT2D eigenvalue weighted by Crippen LogP contribution is -2.53. The predicted octanol–water partition coefficient (Wildman–Crippen LogP) is 5.80. The lowest BCUT2D eigenvalue weighted by atomic mass is 9.83. The third kappa shape index (κ3) is 6.90. The molecule has 2 aliphatic heterocycles. The van der Waals surface area contributed by atoms with Crippen LogP contribution in [0, 0.1) is 19.7 Å². The second-order valence-electron chi connectivity index (χ2n) is 13.8. The number of halogens is 4. The first kappa shape index (κ1) is 34.5. The molecule has 2 aromatic heterocycles. The van der Waals surface area contributed by atoms with Gasteiger partial charge in [0.25, 0.3) is 5.91 Å². The SMILES string of the molecule is CC(=O)NCc1cc(C)c(-c2cc(F)c(CN(C)C)c(N3CC[C@]4(C[C@@H]3C)N=C(c3ccc(C(F)(F)F)nc3C3CC3)NC4=O)c2)c(C)n1. The van der Waals surface area contributed by atoms with Crippen LogP contribution < -0.4 is 15.5 Å². The Hall–Kier alpha value is -4.39. The number of hydrogen-bond donors (Lipinski definition) is 2. The van der Waals surface area contributed by atoms with E-state index in [1.54, 1.807) is 6.07 Å². The zero-order valence-electron chi connectivity index (χ0n) is 28.6. The molecule has 2 atom stereocenters. The standard InChI is InChI=1S/C36H41F4N7O2/c1-19-13-25(17-41-22(4)48)42-21(3)31(19)24-14-28(37)27(18-46(5)6)29(15-24)47-12-11-35(16-20(47)2)34(49)44-33(45-35)26-9-10-30(36(38,39)40)43-32(26)23-7-8-23/h9-10,13-15,20,23H,7-8,11-12,16-18H2,1-6H3,(H,41,48)(H,44,45,49)/t20-,35+/m0/s1. The summed E-state index contributed by atoms with van der Waals surface area (Å²) >= 11 is 0. The Kier molecular flexibility index (Phi) is 9.01. The number of pyridine rings is 2. The summed E-state index contributed by atoms with van der Waals surface area (Å²) in [5.41, 5.74) is 3.76. The number of nitrogens with zero attached hydrogens (tertiary/aromatic N) is 5. The van der Waals surface area contributed by atoms with Gasteiger partial charge in [-0.3, -0.25) is 19.6 Å². The molecule has 1 saturated carbocycles. The second-order valence-corrected chi connectivity index (χ2v) is 13.8. The first-order valence-electron chi connectivity index (χ1n) is 16.5. The Labute approximate surface area is 283 Å². The first-order valence-corrected chi connectivity index (χ1v) is 16.5. The fourth-order valence-electron chi connectivity index (χ4n) is 7.19. The van der Waals surface area contributed by atoms with Crippen molar-refractivity contribution >= 4 is 23.3 Å². The second kappa shape index (κ2) is 12.8. The van der Waals surface area contributed by atoms with Crippen molar-refractivity contribution in [1.82, 2.24) is 25.5 Å². The molecule has 9 nitrogen and oxygen atoms in total. The minimum Gasteiger partial charge on any atom is -0.368 e. The molecule has 1 aromatic carbocycles. The quantitative estimate of drug-likeness (QED) is 0.292. The Balaban J connectivity index is 1.33. The number of nitrogens with one attached hydrogen (secondary N) is 2. The summed E-state index contributed by atoms with van der Waals surface area (Å²) in [6.07, 6.45) is -2.42. The van der Waals surface area contributed by atoms with Crippen LogP contribution >= 0.6 is 0 Å². The number of aromatic nitrogens is 2. The normalized spacial score (nSPS) is 21.0. The summed E-state index contributed by atoms with van der Waals surface area (Å²) in [5.74, 6) is -0.631. The summed E-state index contributed by atoms with van der Waals surface area (Å²) < 4.78 is 56.5. The van der Waals surface area contributed by atoms with Gasteiger partial charge in [-0.05, 0) is 95.6 Å². The summed E-state index contributed by atoms with van der Waals surface area (Å²) in [7, 11) is 3.76. The van der Waals surface area contributed by atoms with Crippen molar-refractivity contribution in [3.63, 3.8) is 0 Å². The minimum absolute atomic E-state index is 0.0950. The molecule has 2 fully saturated rings. The Morgan fingerprint density at radius 1 is 1.14 bits per heavy atom. The fraction of sp³-hybridized carbons (Fsp3) is 0.472. The number of amidine groups is 1. The van der Waals surface area contributed by atoms with Gasteiger partial charge < -0.3 is 20.4 Å². The van der Waals surface area contributed by atoms with Gasteiger partial charge in [0.1, 0.15) is 22.9 Å². The van der Waals surface area contributed by atoms with Gasteiger partial charge in [-0.1, -0.05) is 0 Å². The molecule has 13 heteroatoms. The zero-order valence-corrected chi connectivity index (χ0v) is 28.6. The number of benzene rings is 1. The molecule has 1 aliphatic carbocycles. The van der Waals surface area contributed by atoms with E-state index in [0.717, 1.165) is 35.7 Å². The fourth-order valence-corrected chi connectivity index (χ4v) is 7.19. The van der Waals surface area contributed by atoms with E-state index in [2.05, 4.69) is 25.5 Å². The third-order valence-corrected chi connectivity index (χ3v) is 9.56. The van der Waals surface area contributed by atoms with E-state index in [-0.39, 0.29) is 35.4 Å². The molecule has 0 radical (unpaired) electrons. The van der Waals surface area contributed by atoms with Crippen molar-refractivity contribution in [3.8, 4) is 11.1 Å². The van der Waals surface area contributed by atoms with Crippen LogP contribution in [0.4, 0.5) is 23.2 Å². The highest BCUT2D eigenvalue weighted by molar-refractivity contribution is 6.16. The molecule has 1 spiro atoms. The minimum atomic E-state index is -4.57. The molecule has 1 saturated heterocycles. The molecular formula is C36H41F4N7O2. The topological polar surface area (TPSA) is 103 Å². The number of alkyl halides is 3. The largest absolute Gasteiger partial charge is 0.433 e. The molecule has 3 aromatic rings. The molecule has 2 amide bonds. The lowest BCUT2D eigenvalue weighted by Gasteiger charge is -2.43. The average Bonchev–Trinajstić information content (AvgIpc) is 3.81. The van der Waals surface area contributed by atoms with Gasteiger partial charge in [0.05, 0.1) is 17.9 Å². The van der Waals surface area contributed by atoms with Crippen LogP contribution in [-0.2, 0) is 28.9 Å². The summed E-state index contributed by atoms with van der Waals surface area (Å²) in [6.45, 7) is 8.29. The Bertz CT molecular complexity index is 1830. The average molecular weight is 680 g/mol. The van der Waals surface area contributed by atoms with Gasteiger partial charge in [0.2, 0.25) is 5.91 Å². The third-order valence-electron chi connectivity index (χ3n) is 9.56. The maximum absolute atomic E-state index is 16.1. The molecule has 0 unspecified atom stereocenters. The van der Waals surface area contributed by atoms with E-state index in [0.29, 0.717) is 66.2 Å². The van der Waals surface area contributed by atoms with Crippen molar-refractivity contribution < 1.29 is 27.2 Å². The number of hydrogen-bond acceptors (Lipinski definition) is 7. The van der Waals surface area contributed by atoms with Gasteiger partial charge in [0.15, 0.2) is 0 Å². The Morgan fingerprint density at radius 3 is 2.49 bits per heavy atom. The van der Waals surface area contributed by atoms with Gasteiger partial charge in [-0.2, -0.15) is 13.2 Å². The molecule has 49 heavy (non-hydrogen) atoms. The maximum atomic E-state index is 16.1. The van der Waals surface area contributed by atoms with Crippen LogP contribution in [-0.4, -0.2) is 64.7 Å². The molecule has 3 aliphatic rings. The van der Waals surface area contributed by atoms with Gasteiger partial charge >= 0.3 is 6.18 Å². The zero-order chi connectivity index (χ0) is 35.4. The van der Waals surface area contributed by atoms with Gasteiger partial charge in [-0.15, -0.1) is 0 Å². The first-order chi connectivity index (χ1) is 23.1. The van der Waals surface area contributed by atoms with Crippen molar-refractivity contribution in [1.29, 1.82) is 0 Å². The van der Waals surface area contributed by atoms with Crippen molar-refractivity contribution in [2.45, 2.75) is 90.1 Å². The van der Waals surface area contributed by atoms with Crippen molar-refractivity contribution in [2.75, 3.05) is 25.5 Å². The highest BCUT2D eigenvalue weighted by Crippen LogP contribution is 2.44. The van der Waals surface area contributed by atoms with Crippen LogP contribution in [0.15, 0.2) is 35.3 Å². The monoisotopic (exact) mass is 679 g/mol. The Morgan fingerprint density at radius 2 is 1.88 bits per heavy atom. The molecule has 0 bridgehead atoms. The number of anilines is 1. The van der Waals surface area contributed by atoms with E-state index >= 15 is 4.39 Å². The van der Waals surface area contributed by atoms with E-state index < -0.39 is 17.4 Å². The lowest BCUT2D eigenvalue weighted by molar-refractivity contribution is -0.141. The van der Waals surface area contributed by atoms with Crippen LogP contribution in [0.5, 0.6) is 0 Å². The molecule has 2 N–H and O–H groups in total. The van der Waals surface area contributed by atoms with Crippen LogP contribution in [0.1, 0.15) is 84.9 Å². The number of aryl methyl sites for hydroxylation is 2. The number of carbonyl (C=O) groups is 2. The van der Waals surface area contributed by atoms with Gasteiger partial charge in [0, 0.05) is 66.5 Å². The van der Waals surface area contributed by atoms with Crippen molar-refractivity contribution in [3.05, 3.63) is 75.6 Å². The van der Waals surface area contributed by atoms with Crippen LogP contribution in [0.3, 0.4) is 0 Å². The van der Waals surface area contributed by atoms with E-state index in [4.69, 9.17) is 4.99 Å². The van der Waals surface area contributed by atoms with Gasteiger partial charge in [-0.25, -0.2) is 9.37 Å². The van der Waals surface area contributed by atoms with Crippen LogP contribution in [0.25, 0.3) is 11.1 Å². The van der Waals surface area contributed by atoms with E-state index in [1.165, 1.54) is 13.0 Å². The number of amides is 2. The van der Waals surface area contributed by atoms with Crippen molar-refractivity contribution in [2.24, 2.45) is 4.99 Å². The number of aliphatic imine (C=N–C) groups is 1. The smallest absolute Gasteiger partial charge is 0.368 e. The molecular weight excluding hydrogens is 638 g/mol. The summed E-state index contributed by atoms with van der Waals surface area (Å²) in [4.78, 5) is 42.6. The number of rotatable bonds is 8. The number of piperidine rings is 1. The highest BCUT2D eigenvalue weighted by Gasteiger charge is 2.49. The van der Waals surface area contributed by atoms with Crippen LogP contribution in [0.2, 0.25) is 0 Å². The predicted molar refractivity (Wildman–Crippen MR) is 179 cm³/mol. The number of carbonyl (C=O) groups excluding carboxylic acids is 2.